The summed E-state index contributed by atoms with van der Waals surface area (Å²) in [7, 11) is 0. The van der Waals surface area contributed by atoms with Crippen molar-refractivity contribution in [2.75, 3.05) is 5.73 Å². The minimum Gasteiger partial charge on any atom is -0.398 e. The van der Waals surface area contributed by atoms with Crippen LogP contribution in [-0.2, 0) is 5.75 Å². The molecule has 0 saturated carbocycles. The van der Waals surface area contributed by atoms with Gasteiger partial charge in [0, 0.05) is 23.0 Å². The summed E-state index contributed by atoms with van der Waals surface area (Å²) in [6.45, 7) is 0. The van der Waals surface area contributed by atoms with E-state index in [4.69, 9.17) is 17.3 Å². The number of hydrogen-bond donors (Lipinski definition) is 1. The third-order valence-electron chi connectivity index (χ3n) is 2.77. The van der Waals surface area contributed by atoms with Gasteiger partial charge in [-0.05, 0) is 30.3 Å². The van der Waals surface area contributed by atoms with Gasteiger partial charge in [0.25, 0.3) is 0 Å². The number of thioether (sulfide) groups is 1. The van der Waals surface area contributed by atoms with E-state index in [1.54, 1.807) is 11.8 Å². The second-order valence-electron chi connectivity index (χ2n) is 4.17. The number of pyridine rings is 1. The molecule has 2 N–H and O–H groups in total. The van der Waals surface area contributed by atoms with E-state index in [1.165, 1.54) is 0 Å². The Kier molecular flexibility index (Phi) is 3.36. The van der Waals surface area contributed by atoms with Crippen LogP contribution in [0, 0.1) is 0 Å². The lowest BCUT2D eigenvalue weighted by Gasteiger charge is -2.02. The van der Waals surface area contributed by atoms with Crippen molar-refractivity contribution in [2.24, 2.45) is 0 Å². The van der Waals surface area contributed by atoms with Gasteiger partial charge in [0.1, 0.15) is 5.65 Å². The molecule has 0 radical (unpaired) electrons. The van der Waals surface area contributed by atoms with E-state index in [1.807, 2.05) is 53.2 Å². The zero-order valence-electron chi connectivity index (χ0n) is 10.1. The van der Waals surface area contributed by atoms with Gasteiger partial charge in [0.05, 0.1) is 16.4 Å². The monoisotopic (exact) mass is 289 g/mol. The summed E-state index contributed by atoms with van der Waals surface area (Å²) < 4.78 is 2.02. The lowest BCUT2D eigenvalue weighted by molar-refractivity contribution is 1.18. The van der Waals surface area contributed by atoms with Crippen molar-refractivity contribution in [3.05, 3.63) is 59.5 Å². The molecular weight excluding hydrogens is 278 g/mol. The first-order valence-electron chi connectivity index (χ1n) is 5.83. The summed E-state index contributed by atoms with van der Waals surface area (Å²) in [6.07, 6.45) is 4.04. The Morgan fingerprint density at radius 3 is 2.95 bits per heavy atom. The van der Waals surface area contributed by atoms with E-state index < -0.39 is 0 Å². The maximum Gasteiger partial charge on any atom is 0.137 e. The molecule has 3 nitrogen and oxygen atoms in total. The van der Waals surface area contributed by atoms with Crippen LogP contribution in [0.5, 0.6) is 0 Å². The zero-order valence-corrected chi connectivity index (χ0v) is 11.7. The van der Waals surface area contributed by atoms with Crippen molar-refractivity contribution < 1.29 is 0 Å². The Hall–Kier alpha value is -1.65. The molecule has 3 aromatic rings. The van der Waals surface area contributed by atoms with Crippen molar-refractivity contribution in [3.63, 3.8) is 0 Å². The maximum absolute atomic E-state index is 6.00. The van der Waals surface area contributed by atoms with Gasteiger partial charge in [-0.3, -0.25) is 0 Å². The zero-order chi connectivity index (χ0) is 13.2. The Labute approximate surface area is 120 Å². The summed E-state index contributed by atoms with van der Waals surface area (Å²) in [5.41, 5.74) is 8.31. The number of nitrogen functional groups attached to an aromatic ring is 1. The van der Waals surface area contributed by atoms with Crippen molar-refractivity contribution in [1.29, 1.82) is 0 Å². The van der Waals surface area contributed by atoms with Gasteiger partial charge in [-0.1, -0.05) is 17.7 Å². The van der Waals surface area contributed by atoms with E-state index >= 15 is 0 Å². The van der Waals surface area contributed by atoms with E-state index in [0.29, 0.717) is 10.7 Å². The van der Waals surface area contributed by atoms with Crippen molar-refractivity contribution >= 4 is 34.7 Å². The first kappa shape index (κ1) is 12.4. The molecule has 0 spiro atoms. The van der Waals surface area contributed by atoms with Crippen LogP contribution < -0.4 is 5.73 Å². The summed E-state index contributed by atoms with van der Waals surface area (Å²) in [5, 5.41) is 0.597. The maximum atomic E-state index is 6.00. The predicted molar refractivity (Wildman–Crippen MR) is 80.6 cm³/mol. The normalized spacial score (nSPS) is 11.0. The van der Waals surface area contributed by atoms with Crippen LogP contribution in [0.4, 0.5) is 5.69 Å². The van der Waals surface area contributed by atoms with Crippen LogP contribution in [0.15, 0.2) is 53.7 Å². The summed E-state index contributed by atoms with van der Waals surface area (Å²) in [5.74, 6) is 0.807. The van der Waals surface area contributed by atoms with Gasteiger partial charge < -0.3 is 10.1 Å². The fourth-order valence-electron chi connectivity index (χ4n) is 1.81. The Bertz CT molecular complexity index is 691. The standard InChI is InChI=1S/C14H12ClN3S/c15-12-7-11(4-5-13(12)16)19-9-10-8-18-6-2-1-3-14(18)17-10/h1-8H,9,16H2. The van der Waals surface area contributed by atoms with Crippen LogP contribution in [0.2, 0.25) is 5.02 Å². The number of imidazole rings is 1. The quantitative estimate of drug-likeness (QED) is 0.588. The molecule has 0 saturated heterocycles. The first-order valence-corrected chi connectivity index (χ1v) is 7.19. The first-order chi connectivity index (χ1) is 9.22. The average Bonchev–Trinajstić information content (AvgIpc) is 2.83. The number of hydrogen-bond acceptors (Lipinski definition) is 3. The van der Waals surface area contributed by atoms with E-state index in [9.17, 15) is 0 Å². The molecule has 5 heteroatoms. The van der Waals surface area contributed by atoms with Crippen LogP contribution >= 0.6 is 23.4 Å². The van der Waals surface area contributed by atoms with E-state index in [2.05, 4.69) is 4.98 Å². The molecule has 96 valence electrons. The van der Waals surface area contributed by atoms with Crippen LogP contribution in [-0.4, -0.2) is 9.38 Å². The number of benzene rings is 1. The molecule has 0 atom stereocenters. The number of anilines is 1. The number of halogens is 1. The van der Waals surface area contributed by atoms with Gasteiger partial charge in [-0.25, -0.2) is 4.98 Å². The van der Waals surface area contributed by atoms with Gasteiger partial charge in [-0.15, -0.1) is 11.8 Å². The Morgan fingerprint density at radius 2 is 2.16 bits per heavy atom. The van der Waals surface area contributed by atoms with Gasteiger partial charge in [0.2, 0.25) is 0 Å². The molecule has 0 amide bonds. The molecule has 0 unspecified atom stereocenters. The number of nitrogens with zero attached hydrogens (tertiary/aromatic N) is 2. The van der Waals surface area contributed by atoms with Crippen molar-refractivity contribution in [1.82, 2.24) is 9.38 Å². The number of fused-ring (bicyclic) bond motifs is 1. The third-order valence-corrected chi connectivity index (χ3v) is 4.13. The molecule has 3 rings (SSSR count). The SMILES string of the molecule is Nc1ccc(SCc2cn3ccccc3n2)cc1Cl. The van der Waals surface area contributed by atoms with Gasteiger partial charge in [0.15, 0.2) is 0 Å². The highest BCUT2D eigenvalue weighted by Gasteiger charge is 2.03. The molecule has 0 fully saturated rings. The molecule has 0 bridgehead atoms. The fraction of sp³-hybridized carbons (Fsp3) is 0.0714. The predicted octanol–water partition coefficient (Wildman–Crippen LogP) is 3.86. The molecule has 1 aromatic carbocycles. The fourth-order valence-corrected chi connectivity index (χ4v) is 2.88. The molecule has 0 aliphatic rings. The second kappa shape index (κ2) is 5.15. The van der Waals surface area contributed by atoms with Crippen molar-refractivity contribution in [3.8, 4) is 0 Å². The lowest BCUT2D eigenvalue weighted by atomic mass is 10.3. The topological polar surface area (TPSA) is 43.3 Å². The average molecular weight is 290 g/mol. The highest BCUT2D eigenvalue weighted by atomic mass is 35.5. The summed E-state index contributed by atoms with van der Waals surface area (Å²) in [6, 6.07) is 11.7. The number of nitrogens with two attached hydrogens (primary N) is 1. The van der Waals surface area contributed by atoms with Crippen LogP contribution in [0.25, 0.3) is 5.65 Å². The molecule has 19 heavy (non-hydrogen) atoms. The number of rotatable bonds is 3. The molecule has 2 aromatic heterocycles. The summed E-state index contributed by atoms with van der Waals surface area (Å²) >= 11 is 7.70. The minimum absolute atomic E-state index is 0.597. The third kappa shape index (κ3) is 2.69. The van der Waals surface area contributed by atoms with E-state index in [0.717, 1.165) is 22.0 Å². The highest BCUT2D eigenvalue weighted by molar-refractivity contribution is 7.98. The molecule has 2 heterocycles. The summed E-state index contributed by atoms with van der Waals surface area (Å²) in [4.78, 5) is 5.65. The molecular formula is C14H12ClN3S. The van der Waals surface area contributed by atoms with Crippen LogP contribution in [0.3, 0.4) is 0 Å². The second-order valence-corrected chi connectivity index (χ2v) is 5.63. The Morgan fingerprint density at radius 1 is 1.26 bits per heavy atom. The minimum atomic E-state index is 0.597. The molecule has 0 aliphatic heterocycles. The van der Waals surface area contributed by atoms with Gasteiger partial charge >= 0.3 is 0 Å². The van der Waals surface area contributed by atoms with Crippen molar-refractivity contribution in [2.45, 2.75) is 10.6 Å². The van der Waals surface area contributed by atoms with E-state index in [-0.39, 0.29) is 0 Å². The smallest absolute Gasteiger partial charge is 0.137 e. The highest BCUT2D eigenvalue weighted by Crippen LogP contribution is 2.28. The lowest BCUT2D eigenvalue weighted by Crippen LogP contribution is -1.86. The van der Waals surface area contributed by atoms with Gasteiger partial charge in [-0.2, -0.15) is 0 Å². The Balaban J connectivity index is 1.76. The largest absolute Gasteiger partial charge is 0.398 e. The number of aromatic nitrogens is 2. The van der Waals surface area contributed by atoms with Crippen LogP contribution in [0.1, 0.15) is 5.69 Å². The molecule has 0 aliphatic carbocycles.